The van der Waals surface area contributed by atoms with Gasteiger partial charge in [-0.15, -0.1) is 0 Å². The van der Waals surface area contributed by atoms with Gasteiger partial charge in [-0.25, -0.2) is 10.0 Å². The van der Waals surface area contributed by atoms with Gasteiger partial charge in [0, 0.05) is 18.3 Å². The summed E-state index contributed by atoms with van der Waals surface area (Å²) < 4.78 is 19.5. The van der Waals surface area contributed by atoms with Gasteiger partial charge in [-0.3, -0.25) is 4.39 Å². The second-order valence-corrected chi connectivity index (χ2v) is 5.50. The Hall–Kier alpha value is -3.03. The Bertz CT molecular complexity index is 908. The number of aromatic nitrogens is 3. The Balaban J connectivity index is 2.08. The van der Waals surface area contributed by atoms with Crippen LogP contribution in [0.1, 0.15) is 12.2 Å². The summed E-state index contributed by atoms with van der Waals surface area (Å²) in [5, 5.41) is 11.0. The third-order valence-corrected chi connectivity index (χ3v) is 3.83. The van der Waals surface area contributed by atoms with E-state index in [0.717, 1.165) is 16.6 Å². The van der Waals surface area contributed by atoms with Crippen molar-refractivity contribution < 1.29 is 9.13 Å². The van der Waals surface area contributed by atoms with E-state index in [1.165, 1.54) is 0 Å². The molecule has 3 aromatic rings. The number of hydrogen-bond acceptors (Lipinski definition) is 6. The number of halogens is 1. The van der Waals surface area contributed by atoms with Crippen LogP contribution in [0.25, 0.3) is 16.6 Å². The number of alkyl halides is 1. The number of fused-ring (bicyclic) bond motifs is 1. The van der Waals surface area contributed by atoms with Crippen molar-refractivity contribution in [3.63, 3.8) is 0 Å². The molecule has 0 radical (unpaired) electrons. The van der Waals surface area contributed by atoms with Gasteiger partial charge < -0.3 is 10.1 Å². The number of rotatable bonds is 7. The van der Waals surface area contributed by atoms with Crippen LogP contribution in [0.5, 0.6) is 5.88 Å². The van der Waals surface area contributed by atoms with Crippen LogP contribution in [0, 0.1) is 12.5 Å². The number of nitrogens with one attached hydrogen (secondary N) is 2. The molecule has 0 atom stereocenters. The fraction of sp³-hybridized carbons (Fsp3) is 0.294. The Morgan fingerprint density at radius 3 is 2.92 bits per heavy atom. The van der Waals surface area contributed by atoms with Crippen molar-refractivity contribution in [3.05, 3.63) is 36.3 Å². The number of benzene rings is 1. The first-order valence-corrected chi connectivity index (χ1v) is 7.89. The minimum absolute atomic E-state index is 0.391. The average Bonchev–Trinajstić information content (AvgIpc) is 3.04. The zero-order valence-corrected chi connectivity index (χ0v) is 14.1. The molecule has 0 unspecified atom stereocenters. The normalized spacial score (nSPS) is 10.8. The molecule has 0 saturated heterocycles. The van der Waals surface area contributed by atoms with Gasteiger partial charge in [-0.05, 0) is 37.1 Å². The molecule has 130 valence electrons. The number of aryl methyl sites for hydroxylation is 1. The molecule has 2 heterocycles. The molecule has 3 rings (SSSR count). The number of ether oxygens (including phenoxy) is 1. The standard InChI is InChI=1S/C17H19FN6O/c1-11-21-17(25-2)16-13(6-9-24(16)23-11)12-4-5-14(22-19)15(10-12)20-8-3-7-18/h4-6,9-10,19-20H,3,7-8H2,1-2H3. The summed E-state index contributed by atoms with van der Waals surface area (Å²) in [5.74, 6) is 1.11. The fourth-order valence-corrected chi connectivity index (χ4v) is 2.70. The third kappa shape index (κ3) is 3.28. The lowest BCUT2D eigenvalue weighted by Gasteiger charge is -2.11. The first kappa shape index (κ1) is 16.8. The Morgan fingerprint density at radius 1 is 1.36 bits per heavy atom. The molecule has 0 aliphatic carbocycles. The van der Waals surface area contributed by atoms with E-state index in [1.54, 1.807) is 24.6 Å². The van der Waals surface area contributed by atoms with Gasteiger partial charge in [0.2, 0.25) is 5.88 Å². The molecule has 0 aliphatic rings. The zero-order valence-electron chi connectivity index (χ0n) is 14.1. The van der Waals surface area contributed by atoms with Crippen molar-refractivity contribution >= 4 is 16.9 Å². The Kier molecular flexibility index (Phi) is 4.87. The van der Waals surface area contributed by atoms with Crippen molar-refractivity contribution in [3.8, 4) is 17.0 Å². The van der Waals surface area contributed by atoms with Crippen LogP contribution in [0.2, 0.25) is 0 Å². The van der Waals surface area contributed by atoms with E-state index < -0.39 is 6.67 Å². The average molecular weight is 342 g/mol. The van der Waals surface area contributed by atoms with E-state index >= 15 is 0 Å². The molecule has 0 fully saturated rings. The Labute approximate surface area is 144 Å². The summed E-state index contributed by atoms with van der Waals surface area (Å²) in [6.07, 6.45) is 2.25. The molecule has 8 heteroatoms. The number of hydrogen-bond donors (Lipinski definition) is 2. The van der Waals surface area contributed by atoms with Crippen LogP contribution in [0.3, 0.4) is 0 Å². The van der Waals surface area contributed by atoms with Gasteiger partial charge in [0.05, 0.1) is 19.5 Å². The van der Waals surface area contributed by atoms with Gasteiger partial charge in [0.1, 0.15) is 17.0 Å². The third-order valence-electron chi connectivity index (χ3n) is 3.83. The van der Waals surface area contributed by atoms with E-state index in [0.29, 0.717) is 36.0 Å². The highest BCUT2D eigenvalue weighted by Gasteiger charge is 2.15. The van der Waals surface area contributed by atoms with E-state index in [1.807, 2.05) is 24.4 Å². The van der Waals surface area contributed by atoms with Crippen LogP contribution >= 0.6 is 0 Å². The Morgan fingerprint density at radius 2 is 2.20 bits per heavy atom. The summed E-state index contributed by atoms with van der Waals surface area (Å²) in [6, 6.07) is 7.46. The quantitative estimate of drug-likeness (QED) is 0.499. The van der Waals surface area contributed by atoms with Crippen molar-refractivity contribution in [1.82, 2.24) is 14.6 Å². The lowest BCUT2D eigenvalue weighted by molar-refractivity contribution is 0.397. The molecule has 0 aliphatic heterocycles. The van der Waals surface area contributed by atoms with Gasteiger partial charge in [0.15, 0.2) is 0 Å². The molecule has 0 spiro atoms. The van der Waals surface area contributed by atoms with Crippen molar-refractivity contribution in [2.75, 3.05) is 25.6 Å². The lowest BCUT2D eigenvalue weighted by Crippen LogP contribution is -2.03. The predicted molar refractivity (Wildman–Crippen MR) is 93.6 cm³/mol. The molecular weight excluding hydrogens is 323 g/mol. The molecule has 0 amide bonds. The summed E-state index contributed by atoms with van der Waals surface area (Å²) in [6.45, 7) is 1.89. The number of nitrogens with zero attached hydrogens (tertiary/aromatic N) is 4. The van der Waals surface area contributed by atoms with Gasteiger partial charge >= 0.3 is 0 Å². The SMILES string of the molecule is COc1nc(C)nn2ccc(-c3ccc(N=N)c(NCCCF)c3)c12. The van der Waals surface area contributed by atoms with Crippen LogP contribution < -0.4 is 10.1 Å². The minimum Gasteiger partial charge on any atom is -0.479 e. The second-order valence-electron chi connectivity index (χ2n) is 5.50. The maximum Gasteiger partial charge on any atom is 0.242 e. The van der Waals surface area contributed by atoms with Crippen LogP contribution in [-0.2, 0) is 0 Å². The lowest BCUT2D eigenvalue weighted by atomic mass is 10.1. The number of methoxy groups -OCH3 is 1. The topological polar surface area (TPSA) is 87.7 Å². The fourth-order valence-electron chi connectivity index (χ4n) is 2.70. The highest BCUT2D eigenvalue weighted by molar-refractivity contribution is 5.87. The smallest absolute Gasteiger partial charge is 0.242 e. The van der Waals surface area contributed by atoms with Crippen molar-refractivity contribution in [2.45, 2.75) is 13.3 Å². The summed E-state index contributed by atoms with van der Waals surface area (Å²) >= 11 is 0. The zero-order chi connectivity index (χ0) is 17.8. The number of anilines is 1. The minimum atomic E-state index is -0.391. The van der Waals surface area contributed by atoms with Crippen LogP contribution in [0.15, 0.2) is 35.6 Å². The molecule has 2 aromatic heterocycles. The maximum absolute atomic E-state index is 12.3. The van der Waals surface area contributed by atoms with E-state index in [-0.39, 0.29) is 0 Å². The first-order valence-electron chi connectivity index (χ1n) is 7.89. The van der Waals surface area contributed by atoms with Crippen LogP contribution in [0.4, 0.5) is 15.8 Å². The summed E-state index contributed by atoms with van der Waals surface area (Å²) in [5.41, 5.74) is 11.1. The molecular formula is C17H19FN6O. The van der Waals surface area contributed by atoms with E-state index in [4.69, 9.17) is 10.3 Å². The highest BCUT2D eigenvalue weighted by atomic mass is 19.1. The molecule has 2 N–H and O–H groups in total. The van der Waals surface area contributed by atoms with Crippen molar-refractivity contribution in [2.24, 2.45) is 5.11 Å². The van der Waals surface area contributed by atoms with E-state index in [9.17, 15) is 4.39 Å². The maximum atomic E-state index is 12.3. The molecule has 0 saturated carbocycles. The molecule has 25 heavy (non-hydrogen) atoms. The molecule has 0 bridgehead atoms. The first-order chi connectivity index (χ1) is 12.2. The predicted octanol–water partition coefficient (Wildman–Crippen LogP) is 4.15. The summed E-state index contributed by atoms with van der Waals surface area (Å²) in [7, 11) is 1.57. The molecule has 1 aromatic carbocycles. The highest BCUT2D eigenvalue weighted by Crippen LogP contribution is 2.35. The van der Waals surface area contributed by atoms with Gasteiger partial charge in [0.25, 0.3) is 0 Å². The van der Waals surface area contributed by atoms with Gasteiger partial charge in [-0.1, -0.05) is 6.07 Å². The molecule has 7 nitrogen and oxygen atoms in total. The summed E-state index contributed by atoms with van der Waals surface area (Å²) in [4.78, 5) is 4.34. The largest absolute Gasteiger partial charge is 0.479 e. The van der Waals surface area contributed by atoms with Gasteiger partial charge in [-0.2, -0.15) is 15.2 Å². The monoisotopic (exact) mass is 342 g/mol. The second kappa shape index (κ2) is 7.25. The van der Waals surface area contributed by atoms with Crippen LogP contribution in [-0.4, -0.2) is 34.9 Å². The van der Waals surface area contributed by atoms with E-state index in [2.05, 4.69) is 20.5 Å². The van der Waals surface area contributed by atoms with Crippen molar-refractivity contribution in [1.29, 1.82) is 5.53 Å².